The van der Waals surface area contributed by atoms with Gasteiger partial charge in [0.05, 0.1) is 12.3 Å². The first-order chi connectivity index (χ1) is 11.4. The average Bonchev–Trinajstić information content (AvgIpc) is 3.02. The predicted molar refractivity (Wildman–Crippen MR) is 87.6 cm³/mol. The lowest BCUT2D eigenvalue weighted by atomic mass is 9.99. The Morgan fingerprint density at radius 3 is 2.42 bits per heavy atom. The Morgan fingerprint density at radius 2 is 1.83 bits per heavy atom. The summed E-state index contributed by atoms with van der Waals surface area (Å²) in [6, 6.07) is 2.99. The molecule has 1 aromatic carbocycles. The number of hydrogen-bond acceptors (Lipinski definition) is 6. The van der Waals surface area contributed by atoms with Crippen LogP contribution in [-0.2, 0) is 19.1 Å². The number of aryl methyl sites for hydroxylation is 3. The lowest BCUT2D eigenvalue weighted by Crippen LogP contribution is -2.37. The summed E-state index contributed by atoms with van der Waals surface area (Å²) in [7, 11) is 0. The number of carbonyl (C=O) groups is 3. The van der Waals surface area contributed by atoms with Crippen molar-refractivity contribution in [1.82, 2.24) is 5.43 Å². The number of benzene rings is 1. The molecule has 1 saturated heterocycles. The minimum Gasteiger partial charge on any atom is -0.461 e. The molecule has 0 spiro atoms. The van der Waals surface area contributed by atoms with E-state index in [1.807, 2.05) is 32.9 Å². The monoisotopic (exact) mass is 329 g/mol. The molecule has 0 aromatic heterocycles. The number of imide groups is 1. The number of fused-ring (bicyclic) bond motifs is 1. The standard InChI is InChI=1S/C17H19N3O4/c1-5-24-17(23)13-11-12(18-19-13)16(22)20(15(11)21)14-9(3)6-8(2)7-10(14)4/h6-7,11-12,18H,5H2,1-4H3/t11-,12+/m0/s1. The topological polar surface area (TPSA) is 88.1 Å². The molecule has 1 N–H and O–H groups in total. The van der Waals surface area contributed by atoms with E-state index in [4.69, 9.17) is 4.74 Å². The molecular weight excluding hydrogens is 310 g/mol. The van der Waals surface area contributed by atoms with Gasteiger partial charge in [0.15, 0.2) is 5.71 Å². The van der Waals surface area contributed by atoms with Crippen molar-refractivity contribution in [3.05, 3.63) is 28.8 Å². The van der Waals surface area contributed by atoms with Crippen molar-refractivity contribution < 1.29 is 19.1 Å². The number of anilines is 1. The number of amides is 2. The number of nitrogens with one attached hydrogen (secondary N) is 1. The molecule has 24 heavy (non-hydrogen) atoms. The fourth-order valence-electron chi connectivity index (χ4n) is 3.41. The van der Waals surface area contributed by atoms with Crippen molar-refractivity contribution in [3.63, 3.8) is 0 Å². The van der Waals surface area contributed by atoms with E-state index in [0.717, 1.165) is 16.7 Å². The highest BCUT2D eigenvalue weighted by Crippen LogP contribution is 2.35. The van der Waals surface area contributed by atoms with Crippen LogP contribution in [0.1, 0.15) is 23.6 Å². The Balaban J connectivity index is 2.00. The number of ether oxygens (including phenoxy) is 1. The van der Waals surface area contributed by atoms with Crippen LogP contribution in [0.4, 0.5) is 5.69 Å². The van der Waals surface area contributed by atoms with Gasteiger partial charge in [-0.25, -0.2) is 9.69 Å². The second-order valence-corrected chi connectivity index (χ2v) is 6.06. The van der Waals surface area contributed by atoms with Gasteiger partial charge in [0.2, 0.25) is 5.91 Å². The summed E-state index contributed by atoms with van der Waals surface area (Å²) in [5.74, 6) is -2.45. The molecule has 0 bridgehead atoms. The average molecular weight is 329 g/mol. The summed E-state index contributed by atoms with van der Waals surface area (Å²) in [5.41, 5.74) is 5.88. The minimum atomic E-state index is -0.934. The second-order valence-electron chi connectivity index (χ2n) is 6.06. The first-order valence-corrected chi connectivity index (χ1v) is 7.82. The Labute approximate surface area is 139 Å². The number of hydrogen-bond donors (Lipinski definition) is 1. The third-order valence-electron chi connectivity index (χ3n) is 4.27. The molecular formula is C17H19N3O4. The van der Waals surface area contributed by atoms with Gasteiger partial charge in [-0.3, -0.25) is 15.0 Å². The number of esters is 1. The van der Waals surface area contributed by atoms with Crippen LogP contribution in [0.25, 0.3) is 0 Å². The van der Waals surface area contributed by atoms with Gasteiger partial charge >= 0.3 is 5.97 Å². The smallest absolute Gasteiger partial charge is 0.355 e. The van der Waals surface area contributed by atoms with Gasteiger partial charge < -0.3 is 4.74 Å². The first kappa shape index (κ1) is 16.2. The highest BCUT2D eigenvalue weighted by Gasteiger charge is 2.56. The third kappa shape index (κ3) is 2.28. The minimum absolute atomic E-state index is 0.0369. The van der Waals surface area contributed by atoms with Crippen molar-refractivity contribution >= 4 is 29.2 Å². The van der Waals surface area contributed by atoms with E-state index in [1.165, 1.54) is 4.90 Å². The first-order valence-electron chi connectivity index (χ1n) is 7.82. The number of carbonyl (C=O) groups excluding carboxylic acids is 3. The van der Waals surface area contributed by atoms with E-state index in [9.17, 15) is 14.4 Å². The molecule has 0 saturated carbocycles. The van der Waals surface area contributed by atoms with Crippen LogP contribution in [0.15, 0.2) is 17.2 Å². The van der Waals surface area contributed by atoms with Gasteiger partial charge in [-0.2, -0.15) is 5.10 Å². The molecule has 1 fully saturated rings. The van der Waals surface area contributed by atoms with Crippen LogP contribution in [0, 0.1) is 26.7 Å². The lowest BCUT2D eigenvalue weighted by Gasteiger charge is -2.21. The molecule has 7 nitrogen and oxygen atoms in total. The normalized spacial score (nSPS) is 22.3. The Hall–Kier alpha value is -2.70. The predicted octanol–water partition coefficient (Wildman–Crippen LogP) is 0.992. The van der Waals surface area contributed by atoms with Gasteiger partial charge in [0, 0.05) is 0 Å². The number of hydrazone groups is 1. The maximum Gasteiger partial charge on any atom is 0.355 e. The SMILES string of the molecule is CCOC(=O)C1=NN[C@H]2C(=O)N(c3c(C)cc(C)cc3C)C(=O)[C@H]12. The highest BCUT2D eigenvalue weighted by molar-refractivity contribution is 6.46. The third-order valence-corrected chi connectivity index (χ3v) is 4.27. The molecule has 126 valence electrons. The van der Waals surface area contributed by atoms with Gasteiger partial charge in [-0.05, 0) is 38.8 Å². The second kappa shape index (κ2) is 5.74. The number of nitrogens with zero attached hydrogens (tertiary/aromatic N) is 2. The van der Waals surface area contributed by atoms with Crippen LogP contribution < -0.4 is 10.3 Å². The van der Waals surface area contributed by atoms with E-state index in [0.29, 0.717) is 5.69 Å². The largest absolute Gasteiger partial charge is 0.461 e. The van der Waals surface area contributed by atoms with E-state index in [2.05, 4.69) is 10.5 Å². The summed E-state index contributed by atoms with van der Waals surface area (Å²) in [6.45, 7) is 7.53. The van der Waals surface area contributed by atoms with Crippen LogP contribution in [-0.4, -0.2) is 36.1 Å². The molecule has 2 aliphatic rings. The number of rotatable bonds is 3. The van der Waals surface area contributed by atoms with Gasteiger partial charge in [0.1, 0.15) is 12.0 Å². The molecule has 0 radical (unpaired) electrons. The molecule has 0 unspecified atom stereocenters. The van der Waals surface area contributed by atoms with Gasteiger partial charge in [-0.1, -0.05) is 17.7 Å². The fraction of sp³-hybridized carbons (Fsp3) is 0.412. The van der Waals surface area contributed by atoms with Gasteiger partial charge in [-0.15, -0.1) is 0 Å². The Bertz CT molecular complexity index is 761. The summed E-state index contributed by atoms with van der Waals surface area (Å²) in [5, 5.41) is 3.85. The van der Waals surface area contributed by atoms with E-state index >= 15 is 0 Å². The van der Waals surface area contributed by atoms with Crippen molar-refractivity contribution in [2.24, 2.45) is 11.0 Å². The van der Waals surface area contributed by atoms with Crippen molar-refractivity contribution in [2.75, 3.05) is 11.5 Å². The fourth-order valence-corrected chi connectivity index (χ4v) is 3.41. The molecule has 0 aliphatic carbocycles. The van der Waals surface area contributed by atoms with E-state index < -0.39 is 29.7 Å². The molecule has 7 heteroatoms. The van der Waals surface area contributed by atoms with Crippen molar-refractivity contribution in [1.29, 1.82) is 0 Å². The summed E-state index contributed by atoms with van der Waals surface area (Å²) in [4.78, 5) is 38.8. The Kier molecular flexibility index (Phi) is 3.87. The van der Waals surface area contributed by atoms with Gasteiger partial charge in [0.25, 0.3) is 5.91 Å². The summed E-state index contributed by atoms with van der Waals surface area (Å²) >= 11 is 0. The molecule has 1 aromatic rings. The molecule has 2 heterocycles. The maximum atomic E-state index is 12.9. The van der Waals surface area contributed by atoms with E-state index in [1.54, 1.807) is 6.92 Å². The maximum absolute atomic E-state index is 12.9. The lowest BCUT2D eigenvalue weighted by molar-refractivity contribution is -0.136. The molecule has 2 atom stereocenters. The zero-order valence-electron chi connectivity index (χ0n) is 14.0. The van der Waals surface area contributed by atoms with Crippen LogP contribution in [0.5, 0.6) is 0 Å². The Morgan fingerprint density at radius 1 is 1.21 bits per heavy atom. The van der Waals surface area contributed by atoms with E-state index in [-0.39, 0.29) is 12.3 Å². The van der Waals surface area contributed by atoms with Crippen molar-refractivity contribution in [2.45, 2.75) is 33.7 Å². The molecule has 2 amide bonds. The van der Waals surface area contributed by atoms with Crippen LogP contribution in [0.3, 0.4) is 0 Å². The highest BCUT2D eigenvalue weighted by atomic mass is 16.5. The van der Waals surface area contributed by atoms with Crippen LogP contribution >= 0.6 is 0 Å². The zero-order chi connectivity index (χ0) is 17.6. The summed E-state index contributed by atoms with van der Waals surface area (Å²) in [6.07, 6.45) is 0. The molecule has 2 aliphatic heterocycles. The summed E-state index contributed by atoms with van der Waals surface area (Å²) < 4.78 is 4.93. The molecule has 3 rings (SSSR count). The quantitative estimate of drug-likeness (QED) is 0.660. The van der Waals surface area contributed by atoms with Crippen molar-refractivity contribution in [3.8, 4) is 0 Å². The van der Waals surface area contributed by atoms with Crippen LogP contribution in [0.2, 0.25) is 0 Å². The zero-order valence-corrected chi connectivity index (χ0v) is 14.0.